The molecule has 0 heterocycles. The minimum Gasteiger partial charge on any atom is -0.465 e. The van der Waals surface area contributed by atoms with Crippen molar-refractivity contribution in [2.24, 2.45) is 0 Å². The van der Waals surface area contributed by atoms with Gasteiger partial charge in [0.25, 0.3) is 0 Å². The third kappa shape index (κ3) is 5.71. The van der Waals surface area contributed by atoms with Crippen LogP contribution in [0.2, 0.25) is 5.02 Å². The molecule has 0 radical (unpaired) electrons. The van der Waals surface area contributed by atoms with E-state index < -0.39 is 6.61 Å². The number of ether oxygens (including phenoxy) is 2. The van der Waals surface area contributed by atoms with Gasteiger partial charge in [-0.2, -0.15) is 8.78 Å². The number of halogens is 3. The molecule has 0 amide bonds. The molecule has 1 aromatic carbocycles. The second kappa shape index (κ2) is 8.01. The minimum atomic E-state index is -2.91. The Morgan fingerprint density at radius 1 is 1.45 bits per heavy atom. The lowest BCUT2D eigenvalue weighted by Gasteiger charge is -2.18. The van der Waals surface area contributed by atoms with E-state index in [2.05, 4.69) is 4.74 Å². The lowest BCUT2D eigenvalue weighted by molar-refractivity contribution is -0.144. The van der Waals surface area contributed by atoms with Crippen LogP contribution >= 0.6 is 11.6 Å². The van der Waals surface area contributed by atoms with Gasteiger partial charge in [-0.15, -0.1) is 0 Å². The number of nitrogens with zero attached hydrogens (tertiary/aromatic N) is 1. The van der Waals surface area contributed by atoms with E-state index in [0.717, 1.165) is 0 Å². The highest BCUT2D eigenvalue weighted by atomic mass is 35.5. The van der Waals surface area contributed by atoms with Crippen molar-refractivity contribution in [1.82, 2.24) is 4.90 Å². The van der Waals surface area contributed by atoms with E-state index >= 15 is 0 Å². The molecule has 0 spiro atoms. The van der Waals surface area contributed by atoms with Gasteiger partial charge in [-0.25, -0.2) is 0 Å². The third-order valence-corrected chi connectivity index (χ3v) is 2.62. The second-order valence-electron chi connectivity index (χ2n) is 4.11. The van der Waals surface area contributed by atoms with E-state index in [9.17, 15) is 13.6 Å². The summed E-state index contributed by atoms with van der Waals surface area (Å²) < 4.78 is 33.8. The molecule has 7 heteroatoms. The third-order valence-electron chi connectivity index (χ3n) is 2.38. The van der Waals surface area contributed by atoms with Crippen LogP contribution in [-0.2, 0) is 16.1 Å². The Balaban J connectivity index is 2.74. The van der Waals surface area contributed by atoms with Crippen LogP contribution in [0.15, 0.2) is 18.2 Å². The van der Waals surface area contributed by atoms with Crippen molar-refractivity contribution in [1.29, 1.82) is 0 Å². The van der Waals surface area contributed by atoms with Crippen molar-refractivity contribution in [2.45, 2.75) is 20.1 Å². The lowest BCUT2D eigenvalue weighted by Crippen LogP contribution is -2.27. The zero-order chi connectivity index (χ0) is 15.1. The number of likely N-dealkylation sites (N-methyl/N-ethyl adjacent to an activating group) is 1. The van der Waals surface area contributed by atoms with Crippen LogP contribution in [0.5, 0.6) is 5.75 Å². The number of alkyl halides is 2. The number of benzene rings is 1. The molecular weight excluding hydrogens is 292 g/mol. The fourth-order valence-electron chi connectivity index (χ4n) is 1.66. The van der Waals surface area contributed by atoms with Crippen LogP contribution in [0.25, 0.3) is 0 Å². The highest BCUT2D eigenvalue weighted by Gasteiger charge is 2.14. The maximum atomic E-state index is 12.3. The molecule has 0 aromatic heterocycles. The van der Waals surface area contributed by atoms with Gasteiger partial charge in [-0.1, -0.05) is 11.6 Å². The fourth-order valence-corrected chi connectivity index (χ4v) is 1.85. The van der Waals surface area contributed by atoms with Gasteiger partial charge in [0.2, 0.25) is 0 Å². The van der Waals surface area contributed by atoms with Crippen LogP contribution in [-0.4, -0.2) is 37.7 Å². The number of hydrogen-bond donors (Lipinski definition) is 0. The molecule has 1 aromatic rings. The van der Waals surface area contributed by atoms with Gasteiger partial charge in [0.1, 0.15) is 5.75 Å². The number of hydrogen-bond acceptors (Lipinski definition) is 4. The van der Waals surface area contributed by atoms with Crippen LogP contribution in [0.4, 0.5) is 8.78 Å². The maximum absolute atomic E-state index is 12.3. The highest BCUT2D eigenvalue weighted by Crippen LogP contribution is 2.25. The maximum Gasteiger partial charge on any atom is 0.387 e. The van der Waals surface area contributed by atoms with E-state index in [1.807, 2.05) is 0 Å². The fraction of sp³-hybridized carbons (Fsp3) is 0.462. The van der Waals surface area contributed by atoms with Crippen LogP contribution in [0.3, 0.4) is 0 Å². The molecule has 4 nitrogen and oxygen atoms in total. The summed E-state index contributed by atoms with van der Waals surface area (Å²) in [5.74, 6) is -0.339. The van der Waals surface area contributed by atoms with Gasteiger partial charge in [-0.3, -0.25) is 9.69 Å². The number of rotatable bonds is 7. The molecule has 0 unspecified atom stereocenters. The highest BCUT2D eigenvalue weighted by molar-refractivity contribution is 6.30. The zero-order valence-electron chi connectivity index (χ0n) is 11.2. The topological polar surface area (TPSA) is 38.8 Å². The standard InChI is InChI=1S/C13H16ClF2NO3/c1-3-19-12(18)8-17(2)7-9-6-10(14)4-5-11(9)20-13(15)16/h4-6,13H,3,7-8H2,1-2H3. The molecule has 0 saturated carbocycles. The first kappa shape index (κ1) is 16.7. The second-order valence-corrected chi connectivity index (χ2v) is 4.54. The summed E-state index contributed by atoms with van der Waals surface area (Å²) in [6, 6.07) is 4.37. The van der Waals surface area contributed by atoms with Crippen molar-refractivity contribution in [3.8, 4) is 5.75 Å². The van der Waals surface area contributed by atoms with Gasteiger partial charge in [0, 0.05) is 17.1 Å². The van der Waals surface area contributed by atoms with E-state index in [1.54, 1.807) is 18.9 Å². The van der Waals surface area contributed by atoms with E-state index in [-0.39, 0.29) is 24.8 Å². The Morgan fingerprint density at radius 2 is 2.15 bits per heavy atom. The Labute approximate surface area is 121 Å². The zero-order valence-corrected chi connectivity index (χ0v) is 12.0. The predicted molar refractivity (Wildman–Crippen MR) is 71.1 cm³/mol. The van der Waals surface area contributed by atoms with Crippen LogP contribution < -0.4 is 4.74 Å². The number of esters is 1. The Kier molecular flexibility index (Phi) is 6.67. The SMILES string of the molecule is CCOC(=O)CN(C)Cc1cc(Cl)ccc1OC(F)F. The van der Waals surface area contributed by atoms with Crippen molar-refractivity contribution in [3.63, 3.8) is 0 Å². The molecule has 0 aliphatic rings. The van der Waals surface area contributed by atoms with Crippen LogP contribution in [0.1, 0.15) is 12.5 Å². The van der Waals surface area contributed by atoms with Crippen molar-refractivity contribution >= 4 is 17.6 Å². The smallest absolute Gasteiger partial charge is 0.387 e. The summed E-state index contributed by atoms with van der Waals surface area (Å²) >= 11 is 5.84. The van der Waals surface area contributed by atoms with Gasteiger partial charge in [0.15, 0.2) is 0 Å². The van der Waals surface area contributed by atoms with Crippen molar-refractivity contribution in [2.75, 3.05) is 20.2 Å². The quantitative estimate of drug-likeness (QED) is 0.726. The molecule has 0 bridgehead atoms. The summed E-state index contributed by atoms with van der Waals surface area (Å²) in [5, 5.41) is 0.408. The largest absolute Gasteiger partial charge is 0.465 e. The Bertz CT molecular complexity index is 457. The minimum absolute atomic E-state index is 0.0418. The molecule has 0 aliphatic heterocycles. The van der Waals surface area contributed by atoms with Crippen LogP contribution in [0, 0.1) is 0 Å². The monoisotopic (exact) mass is 307 g/mol. The molecule has 20 heavy (non-hydrogen) atoms. The van der Waals surface area contributed by atoms with E-state index in [0.29, 0.717) is 17.2 Å². The average Bonchev–Trinajstić information content (AvgIpc) is 2.32. The van der Waals surface area contributed by atoms with E-state index in [1.165, 1.54) is 18.2 Å². The van der Waals surface area contributed by atoms with Gasteiger partial charge >= 0.3 is 12.6 Å². The average molecular weight is 308 g/mol. The normalized spacial score (nSPS) is 10.9. The number of carbonyl (C=O) groups excluding carboxylic acids is 1. The van der Waals surface area contributed by atoms with Crippen molar-refractivity contribution in [3.05, 3.63) is 28.8 Å². The molecule has 0 atom stereocenters. The Hall–Kier alpha value is -1.40. The van der Waals surface area contributed by atoms with Crippen molar-refractivity contribution < 1.29 is 23.0 Å². The van der Waals surface area contributed by atoms with E-state index in [4.69, 9.17) is 16.3 Å². The molecule has 1 rings (SSSR count). The molecule has 0 N–H and O–H groups in total. The Morgan fingerprint density at radius 3 is 2.75 bits per heavy atom. The number of carbonyl (C=O) groups is 1. The first-order valence-corrected chi connectivity index (χ1v) is 6.37. The summed E-state index contributed by atoms with van der Waals surface area (Å²) in [7, 11) is 1.67. The van der Waals surface area contributed by atoms with Gasteiger partial charge in [0.05, 0.1) is 13.2 Å². The molecule has 0 aliphatic carbocycles. The molecular formula is C13H16ClF2NO3. The molecule has 0 fully saturated rings. The molecule has 112 valence electrons. The first-order valence-electron chi connectivity index (χ1n) is 5.99. The lowest BCUT2D eigenvalue weighted by atomic mass is 10.2. The molecule has 0 saturated heterocycles. The first-order chi connectivity index (χ1) is 9.42. The summed E-state index contributed by atoms with van der Waals surface area (Å²) in [5.41, 5.74) is 0.476. The summed E-state index contributed by atoms with van der Waals surface area (Å²) in [4.78, 5) is 13.0. The summed E-state index contributed by atoms with van der Waals surface area (Å²) in [6.45, 7) is -0.617. The van der Waals surface area contributed by atoms with Gasteiger partial charge in [-0.05, 0) is 32.2 Å². The van der Waals surface area contributed by atoms with Gasteiger partial charge < -0.3 is 9.47 Å². The summed E-state index contributed by atoms with van der Waals surface area (Å²) in [6.07, 6.45) is 0. The predicted octanol–water partition coefficient (Wildman–Crippen LogP) is 2.94.